The van der Waals surface area contributed by atoms with Crippen molar-refractivity contribution in [2.45, 2.75) is 19.3 Å². The molecule has 0 aliphatic rings. The van der Waals surface area contributed by atoms with Gasteiger partial charge in [0, 0.05) is 16.7 Å². The number of nitrogens with two attached hydrogens (primary N) is 1. The first-order chi connectivity index (χ1) is 14.9. The van der Waals surface area contributed by atoms with Gasteiger partial charge >= 0.3 is 0 Å². The third kappa shape index (κ3) is 4.36. The fraction of sp³-hybridized carbons (Fsp3) is 0.107. The molecule has 0 saturated heterocycles. The molecule has 4 rings (SSSR count). The fourth-order valence-corrected chi connectivity index (χ4v) is 3.66. The molecule has 0 fully saturated rings. The van der Waals surface area contributed by atoms with E-state index in [2.05, 4.69) is 26.0 Å². The molecule has 3 heteroatoms. The summed E-state index contributed by atoms with van der Waals surface area (Å²) in [6.45, 7) is 4.32. The van der Waals surface area contributed by atoms with Crippen LogP contribution in [-0.4, -0.2) is 5.78 Å². The zero-order valence-electron chi connectivity index (χ0n) is 17.7. The summed E-state index contributed by atoms with van der Waals surface area (Å²) in [6, 6.07) is 32.5. The maximum absolute atomic E-state index is 13.0. The third-order valence-corrected chi connectivity index (χ3v) is 5.56. The van der Waals surface area contributed by atoms with Crippen LogP contribution in [0.2, 0.25) is 0 Å². The van der Waals surface area contributed by atoms with Crippen LogP contribution in [0.1, 0.15) is 40.9 Å². The van der Waals surface area contributed by atoms with E-state index in [1.165, 1.54) is 0 Å². The number of benzene rings is 4. The van der Waals surface area contributed by atoms with Crippen molar-refractivity contribution in [1.29, 1.82) is 0 Å². The summed E-state index contributed by atoms with van der Waals surface area (Å²) >= 11 is 0. The molecule has 154 valence electrons. The molecule has 0 unspecified atom stereocenters. The van der Waals surface area contributed by atoms with Crippen molar-refractivity contribution in [2.75, 3.05) is 5.73 Å². The van der Waals surface area contributed by atoms with Gasteiger partial charge in [0.15, 0.2) is 5.78 Å². The van der Waals surface area contributed by atoms with Crippen molar-refractivity contribution in [3.05, 3.63) is 125 Å². The lowest BCUT2D eigenvalue weighted by Crippen LogP contribution is -2.19. The van der Waals surface area contributed by atoms with E-state index in [-0.39, 0.29) is 11.2 Å². The van der Waals surface area contributed by atoms with Crippen molar-refractivity contribution in [1.82, 2.24) is 0 Å². The summed E-state index contributed by atoms with van der Waals surface area (Å²) < 4.78 is 6.20. The van der Waals surface area contributed by atoms with E-state index in [1.807, 2.05) is 84.9 Å². The summed E-state index contributed by atoms with van der Waals surface area (Å²) in [5, 5.41) is 0. The van der Waals surface area contributed by atoms with Gasteiger partial charge in [-0.25, -0.2) is 0 Å². The van der Waals surface area contributed by atoms with E-state index in [0.717, 1.165) is 16.8 Å². The number of carbonyl (C=O) groups is 1. The Balaban J connectivity index is 1.66. The molecule has 0 heterocycles. The molecule has 0 saturated carbocycles. The topological polar surface area (TPSA) is 52.3 Å². The Morgan fingerprint density at radius 2 is 1.39 bits per heavy atom. The molecule has 0 radical (unpaired) electrons. The lowest BCUT2D eigenvalue weighted by molar-refractivity contribution is 0.103. The number of para-hydroxylation sites is 1. The molecule has 3 nitrogen and oxygen atoms in total. The second-order valence-corrected chi connectivity index (χ2v) is 8.07. The number of rotatable bonds is 6. The first-order valence-electron chi connectivity index (χ1n) is 10.3. The van der Waals surface area contributed by atoms with Crippen molar-refractivity contribution in [2.24, 2.45) is 0 Å². The first kappa shape index (κ1) is 20.4. The molecular weight excluding hydrogens is 382 g/mol. The summed E-state index contributed by atoms with van der Waals surface area (Å²) in [6.07, 6.45) is 0. The van der Waals surface area contributed by atoms with Crippen LogP contribution in [0.25, 0.3) is 0 Å². The lowest BCUT2D eigenvalue weighted by atomic mass is 9.78. The summed E-state index contributed by atoms with van der Waals surface area (Å²) in [5.74, 6) is 1.16. The highest BCUT2D eigenvalue weighted by Gasteiger charge is 2.24. The van der Waals surface area contributed by atoms with Crippen LogP contribution in [0.5, 0.6) is 11.5 Å². The van der Waals surface area contributed by atoms with Gasteiger partial charge in [0.1, 0.15) is 11.5 Å². The SMILES string of the molecule is CC(C)(c1cccc(N)c1)c1cccc(Oc2ccccc2C(=O)c2ccccc2)c1. The van der Waals surface area contributed by atoms with Gasteiger partial charge in [0.2, 0.25) is 0 Å². The van der Waals surface area contributed by atoms with E-state index < -0.39 is 0 Å². The quantitative estimate of drug-likeness (QED) is 0.289. The average Bonchev–Trinajstić information content (AvgIpc) is 2.80. The number of ketones is 1. The summed E-state index contributed by atoms with van der Waals surface area (Å²) in [5.41, 5.74) is 9.89. The molecule has 0 bridgehead atoms. The highest BCUT2D eigenvalue weighted by molar-refractivity contribution is 6.10. The molecule has 0 atom stereocenters. The van der Waals surface area contributed by atoms with Crippen molar-refractivity contribution in [3.63, 3.8) is 0 Å². The average molecular weight is 408 g/mol. The zero-order chi connectivity index (χ0) is 21.8. The number of carbonyl (C=O) groups excluding carboxylic acids is 1. The van der Waals surface area contributed by atoms with Gasteiger partial charge in [-0.05, 0) is 47.5 Å². The van der Waals surface area contributed by atoms with Gasteiger partial charge in [-0.15, -0.1) is 0 Å². The number of ether oxygens (including phenoxy) is 1. The smallest absolute Gasteiger partial charge is 0.196 e. The van der Waals surface area contributed by atoms with E-state index in [1.54, 1.807) is 6.07 Å². The Morgan fingerprint density at radius 3 is 2.13 bits per heavy atom. The van der Waals surface area contributed by atoms with Gasteiger partial charge in [0.05, 0.1) is 5.56 Å². The largest absolute Gasteiger partial charge is 0.457 e. The highest BCUT2D eigenvalue weighted by atomic mass is 16.5. The molecule has 0 spiro atoms. The van der Waals surface area contributed by atoms with Crippen molar-refractivity contribution < 1.29 is 9.53 Å². The van der Waals surface area contributed by atoms with Gasteiger partial charge in [-0.3, -0.25) is 4.79 Å². The predicted molar refractivity (Wildman–Crippen MR) is 126 cm³/mol. The molecule has 0 aromatic heterocycles. The molecule has 0 aliphatic carbocycles. The number of hydrogen-bond donors (Lipinski definition) is 1. The van der Waals surface area contributed by atoms with Crippen LogP contribution in [-0.2, 0) is 5.41 Å². The Hall–Kier alpha value is -3.85. The van der Waals surface area contributed by atoms with Crippen LogP contribution < -0.4 is 10.5 Å². The van der Waals surface area contributed by atoms with E-state index in [4.69, 9.17) is 10.5 Å². The van der Waals surface area contributed by atoms with Crippen LogP contribution in [0, 0.1) is 0 Å². The molecule has 2 N–H and O–H groups in total. The summed E-state index contributed by atoms with van der Waals surface area (Å²) in [7, 11) is 0. The predicted octanol–water partition coefficient (Wildman–Crippen LogP) is 6.62. The van der Waals surface area contributed by atoms with Crippen LogP contribution in [0.3, 0.4) is 0 Å². The van der Waals surface area contributed by atoms with Gasteiger partial charge in [-0.1, -0.05) is 80.6 Å². The molecule has 4 aromatic carbocycles. The Kier molecular flexibility index (Phi) is 5.59. The number of anilines is 1. The maximum Gasteiger partial charge on any atom is 0.196 e. The monoisotopic (exact) mass is 407 g/mol. The van der Waals surface area contributed by atoms with E-state index in [9.17, 15) is 4.79 Å². The van der Waals surface area contributed by atoms with Crippen LogP contribution in [0.4, 0.5) is 5.69 Å². The van der Waals surface area contributed by atoms with Crippen LogP contribution in [0.15, 0.2) is 103 Å². The minimum Gasteiger partial charge on any atom is -0.457 e. The van der Waals surface area contributed by atoms with Gasteiger partial charge in [0.25, 0.3) is 0 Å². The molecule has 0 amide bonds. The van der Waals surface area contributed by atoms with Gasteiger partial charge in [-0.2, -0.15) is 0 Å². The fourth-order valence-electron chi connectivity index (χ4n) is 3.66. The normalized spacial score (nSPS) is 11.2. The number of nitrogen functional groups attached to an aromatic ring is 1. The summed E-state index contributed by atoms with van der Waals surface area (Å²) in [4.78, 5) is 13.0. The van der Waals surface area contributed by atoms with Crippen molar-refractivity contribution in [3.8, 4) is 11.5 Å². The van der Waals surface area contributed by atoms with E-state index >= 15 is 0 Å². The lowest BCUT2D eigenvalue weighted by Gasteiger charge is -2.27. The molecular formula is C28H25NO2. The highest BCUT2D eigenvalue weighted by Crippen LogP contribution is 2.35. The van der Waals surface area contributed by atoms with Crippen LogP contribution >= 0.6 is 0 Å². The standard InChI is InChI=1S/C28H25NO2/c1-28(2,21-12-8-14-23(29)18-21)22-13-9-15-24(19-22)31-26-17-7-6-16-25(26)27(30)20-10-4-3-5-11-20/h3-19H,29H2,1-2H3. The van der Waals surface area contributed by atoms with E-state index in [0.29, 0.717) is 22.6 Å². The Labute approximate surface area is 183 Å². The Morgan fingerprint density at radius 1 is 0.742 bits per heavy atom. The molecule has 0 aliphatic heterocycles. The molecule has 31 heavy (non-hydrogen) atoms. The minimum absolute atomic E-state index is 0.0626. The van der Waals surface area contributed by atoms with Crippen molar-refractivity contribution >= 4 is 11.5 Å². The first-order valence-corrected chi connectivity index (χ1v) is 10.3. The molecule has 4 aromatic rings. The second kappa shape index (κ2) is 8.49. The minimum atomic E-state index is -0.256. The third-order valence-electron chi connectivity index (χ3n) is 5.56. The zero-order valence-corrected chi connectivity index (χ0v) is 17.7. The van der Waals surface area contributed by atoms with Gasteiger partial charge < -0.3 is 10.5 Å². The number of hydrogen-bond acceptors (Lipinski definition) is 3. The second-order valence-electron chi connectivity index (χ2n) is 8.07. The maximum atomic E-state index is 13.0. The Bertz CT molecular complexity index is 1210.